The summed E-state index contributed by atoms with van der Waals surface area (Å²) in [5.41, 5.74) is 5.31. The van der Waals surface area contributed by atoms with E-state index in [2.05, 4.69) is 25.8 Å². The molecule has 0 unspecified atom stereocenters. The van der Waals surface area contributed by atoms with E-state index in [1.165, 1.54) is 19.5 Å². The first kappa shape index (κ1) is 11.8. The van der Waals surface area contributed by atoms with Gasteiger partial charge in [0.25, 0.3) is 5.91 Å². The van der Waals surface area contributed by atoms with Crippen molar-refractivity contribution in [2.24, 2.45) is 0 Å². The molecule has 0 aliphatic heterocycles. The maximum atomic E-state index is 11.6. The molecule has 1 amide bonds. The van der Waals surface area contributed by atoms with E-state index in [1.807, 2.05) is 0 Å². The quantitative estimate of drug-likeness (QED) is 0.768. The van der Waals surface area contributed by atoms with E-state index >= 15 is 0 Å². The average Bonchev–Trinajstić information content (AvgIpc) is 2.46. The number of rotatable bonds is 4. The second-order valence-electron chi connectivity index (χ2n) is 3.22. The lowest BCUT2D eigenvalue weighted by Crippen LogP contribution is -2.30. The predicted octanol–water partition coefficient (Wildman–Crippen LogP) is 0.637. The number of amides is 1. The predicted molar refractivity (Wildman–Crippen MR) is 63.9 cm³/mol. The Kier molecular flexibility index (Phi) is 3.65. The Morgan fingerprint density at radius 2 is 2.11 bits per heavy atom. The van der Waals surface area contributed by atoms with Crippen LogP contribution in [0, 0.1) is 0 Å². The molecule has 0 spiro atoms. The number of carbonyl (C=O) groups is 1. The van der Waals surface area contributed by atoms with Crippen LogP contribution in [-0.2, 0) is 0 Å². The third kappa shape index (κ3) is 2.91. The molecule has 0 atom stereocenters. The smallest absolute Gasteiger partial charge is 0.288 e. The van der Waals surface area contributed by atoms with Crippen LogP contribution in [0.1, 0.15) is 10.5 Å². The molecule has 7 heteroatoms. The summed E-state index contributed by atoms with van der Waals surface area (Å²) in [6.07, 6.45) is 3.05. The Morgan fingerprint density at radius 3 is 2.83 bits per heavy atom. The molecule has 0 aliphatic carbocycles. The highest BCUT2D eigenvalue weighted by molar-refractivity contribution is 5.92. The van der Waals surface area contributed by atoms with E-state index in [0.717, 1.165) is 0 Å². The first-order valence-electron chi connectivity index (χ1n) is 5.14. The minimum absolute atomic E-state index is 0.235. The number of anilines is 1. The fourth-order valence-corrected chi connectivity index (χ4v) is 1.19. The zero-order valence-electron chi connectivity index (χ0n) is 9.62. The van der Waals surface area contributed by atoms with Crippen molar-refractivity contribution in [1.82, 2.24) is 20.4 Å². The number of pyridine rings is 1. The number of methoxy groups -OCH3 is 1. The number of nitrogens with one attached hydrogen (secondary N) is 2. The van der Waals surface area contributed by atoms with Crippen molar-refractivity contribution in [1.29, 1.82) is 0 Å². The van der Waals surface area contributed by atoms with E-state index in [4.69, 9.17) is 4.74 Å². The minimum Gasteiger partial charge on any atom is -0.481 e. The molecular weight excluding hydrogens is 234 g/mol. The summed E-state index contributed by atoms with van der Waals surface area (Å²) in [7, 11) is 1.50. The van der Waals surface area contributed by atoms with Crippen LogP contribution < -0.4 is 15.6 Å². The summed E-state index contributed by atoms with van der Waals surface area (Å²) in [6, 6.07) is 6.66. The third-order valence-corrected chi connectivity index (χ3v) is 2.02. The summed E-state index contributed by atoms with van der Waals surface area (Å²) in [5, 5.41) is 0. The third-order valence-electron chi connectivity index (χ3n) is 2.02. The van der Waals surface area contributed by atoms with Gasteiger partial charge in [0, 0.05) is 18.5 Å². The zero-order chi connectivity index (χ0) is 12.8. The molecule has 92 valence electrons. The highest BCUT2D eigenvalue weighted by Gasteiger charge is 2.06. The van der Waals surface area contributed by atoms with Gasteiger partial charge in [0.2, 0.25) is 11.8 Å². The summed E-state index contributed by atoms with van der Waals surface area (Å²) >= 11 is 0. The van der Waals surface area contributed by atoms with Crippen molar-refractivity contribution in [3.05, 3.63) is 42.4 Å². The number of hydrazine groups is 1. The van der Waals surface area contributed by atoms with Gasteiger partial charge in [0.15, 0.2) is 0 Å². The van der Waals surface area contributed by atoms with Crippen LogP contribution in [0.4, 0.5) is 5.95 Å². The summed E-state index contributed by atoms with van der Waals surface area (Å²) in [4.78, 5) is 23.4. The lowest BCUT2D eigenvalue weighted by Gasteiger charge is -2.06. The van der Waals surface area contributed by atoms with Gasteiger partial charge >= 0.3 is 0 Å². The van der Waals surface area contributed by atoms with Crippen LogP contribution in [0.2, 0.25) is 0 Å². The van der Waals surface area contributed by atoms with Crippen molar-refractivity contribution in [2.45, 2.75) is 0 Å². The van der Waals surface area contributed by atoms with Crippen LogP contribution in [0.3, 0.4) is 0 Å². The van der Waals surface area contributed by atoms with E-state index in [0.29, 0.717) is 11.6 Å². The normalized spacial score (nSPS) is 9.61. The topological polar surface area (TPSA) is 89.0 Å². The van der Waals surface area contributed by atoms with Gasteiger partial charge in [-0.1, -0.05) is 6.07 Å². The van der Waals surface area contributed by atoms with Crippen molar-refractivity contribution in [2.75, 3.05) is 12.5 Å². The Bertz CT molecular complexity index is 532. The number of carbonyl (C=O) groups excluding carboxylic acids is 1. The van der Waals surface area contributed by atoms with Crippen LogP contribution in [-0.4, -0.2) is 28.0 Å². The van der Waals surface area contributed by atoms with Gasteiger partial charge in [0.05, 0.1) is 7.11 Å². The minimum atomic E-state index is -0.373. The van der Waals surface area contributed by atoms with Crippen LogP contribution in [0.15, 0.2) is 36.7 Å². The molecule has 2 heterocycles. The second kappa shape index (κ2) is 5.58. The molecule has 0 radical (unpaired) electrons. The van der Waals surface area contributed by atoms with E-state index in [9.17, 15) is 4.79 Å². The van der Waals surface area contributed by atoms with Crippen molar-refractivity contribution in [3.8, 4) is 5.88 Å². The first-order chi connectivity index (χ1) is 8.79. The van der Waals surface area contributed by atoms with Crippen LogP contribution in [0.5, 0.6) is 5.88 Å². The summed E-state index contributed by atoms with van der Waals surface area (Å²) in [5.74, 6) is 0.264. The van der Waals surface area contributed by atoms with Gasteiger partial charge in [-0.15, -0.1) is 0 Å². The molecule has 0 bridgehead atoms. The molecule has 2 aromatic heterocycles. The molecule has 2 rings (SSSR count). The second-order valence-corrected chi connectivity index (χ2v) is 3.22. The zero-order valence-corrected chi connectivity index (χ0v) is 9.62. The fraction of sp³-hybridized carbons (Fsp3) is 0.0909. The Morgan fingerprint density at radius 1 is 1.22 bits per heavy atom. The molecule has 0 aliphatic rings. The van der Waals surface area contributed by atoms with Gasteiger partial charge in [-0.2, -0.15) is 4.98 Å². The number of hydrogen-bond donors (Lipinski definition) is 2. The molecule has 0 fully saturated rings. The standard InChI is InChI=1S/C11H11N5O2/c1-18-9-5-7-13-11(14-9)16-15-10(17)8-4-2-3-6-12-8/h2-7H,1H3,(H,15,17)(H,13,14,16). The maximum absolute atomic E-state index is 11.6. The summed E-state index contributed by atoms with van der Waals surface area (Å²) < 4.78 is 4.93. The van der Waals surface area contributed by atoms with Crippen molar-refractivity contribution < 1.29 is 9.53 Å². The first-order valence-corrected chi connectivity index (χ1v) is 5.14. The monoisotopic (exact) mass is 245 g/mol. The molecule has 0 saturated heterocycles. The van der Waals surface area contributed by atoms with Crippen LogP contribution in [0.25, 0.3) is 0 Å². The molecule has 0 aromatic carbocycles. The highest BCUT2D eigenvalue weighted by atomic mass is 16.5. The van der Waals surface area contributed by atoms with Gasteiger partial charge in [-0.25, -0.2) is 4.98 Å². The van der Waals surface area contributed by atoms with Gasteiger partial charge in [0.1, 0.15) is 5.69 Å². The molecular formula is C11H11N5O2. The van der Waals surface area contributed by atoms with Gasteiger partial charge in [-0.05, 0) is 12.1 Å². The van der Waals surface area contributed by atoms with Gasteiger partial charge in [-0.3, -0.25) is 20.6 Å². The molecule has 2 N–H and O–H groups in total. The Hall–Kier alpha value is -2.70. The number of nitrogens with zero attached hydrogens (tertiary/aromatic N) is 3. The summed E-state index contributed by atoms with van der Waals surface area (Å²) in [6.45, 7) is 0. The van der Waals surface area contributed by atoms with Crippen molar-refractivity contribution >= 4 is 11.9 Å². The lowest BCUT2D eigenvalue weighted by atomic mass is 10.3. The van der Waals surface area contributed by atoms with E-state index < -0.39 is 0 Å². The number of ether oxygens (including phenoxy) is 1. The SMILES string of the molecule is COc1ccnc(NNC(=O)c2ccccn2)n1. The number of aromatic nitrogens is 3. The van der Waals surface area contributed by atoms with Crippen molar-refractivity contribution in [3.63, 3.8) is 0 Å². The maximum Gasteiger partial charge on any atom is 0.288 e. The molecule has 7 nitrogen and oxygen atoms in total. The number of hydrogen-bond acceptors (Lipinski definition) is 6. The Labute approximate surface area is 103 Å². The Balaban J connectivity index is 1.97. The molecule has 2 aromatic rings. The average molecular weight is 245 g/mol. The van der Waals surface area contributed by atoms with Crippen LogP contribution >= 0.6 is 0 Å². The molecule has 18 heavy (non-hydrogen) atoms. The van der Waals surface area contributed by atoms with Gasteiger partial charge < -0.3 is 4.74 Å². The van der Waals surface area contributed by atoms with E-state index in [1.54, 1.807) is 24.3 Å². The fourth-order valence-electron chi connectivity index (χ4n) is 1.19. The lowest BCUT2D eigenvalue weighted by molar-refractivity contribution is 0.0957. The molecule has 0 saturated carbocycles. The highest BCUT2D eigenvalue weighted by Crippen LogP contribution is 2.06. The van der Waals surface area contributed by atoms with E-state index in [-0.39, 0.29) is 11.9 Å². The largest absolute Gasteiger partial charge is 0.481 e.